The Kier molecular flexibility index (Phi) is 5.97. The van der Waals surface area contributed by atoms with Gasteiger partial charge in [-0.05, 0) is 11.6 Å². The van der Waals surface area contributed by atoms with Crippen LogP contribution in [0, 0.1) is 0 Å². The molecule has 0 bridgehead atoms. The molecule has 0 unspecified atom stereocenters. The molecule has 0 atom stereocenters. The van der Waals surface area contributed by atoms with Gasteiger partial charge in [-0.25, -0.2) is 4.98 Å². The molecule has 1 heterocycles. The van der Waals surface area contributed by atoms with Crippen LogP contribution in [-0.2, 0) is 11.0 Å². The first-order chi connectivity index (χ1) is 11.8. The fourth-order valence-electron chi connectivity index (χ4n) is 1.92. The van der Waals surface area contributed by atoms with Crippen molar-refractivity contribution < 1.29 is 23.1 Å². The lowest BCUT2D eigenvalue weighted by molar-refractivity contribution is -0.138. The van der Waals surface area contributed by atoms with Crippen molar-refractivity contribution in [2.24, 2.45) is 5.10 Å². The number of hydrogen-bond acceptors (Lipinski definition) is 4. The Morgan fingerprint density at radius 3 is 2.48 bits per heavy atom. The first-order valence-corrected chi connectivity index (χ1v) is 7.47. The van der Waals surface area contributed by atoms with Gasteiger partial charge in [-0.15, -0.1) is 0 Å². The number of carboxylic acid groups (broad SMARTS) is 1. The third-order valence-corrected chi connectivity index (χ3v) is 3.44. The summed E-state index contributed by atoms with van der Waals surface area (Å²) in [4.78, 5) is 14.4. The zero-order chi connectivity index (χ0) is 18.4. The summed E-state index contributed by atoms with van der Waals surface area (Å²) >= 11 is 5.80. The number of halogens is 4. The highest BCUT2D eigenvalue weighted by Gasteiger charge is 2.31. The highest BCUT2D eigenvalue weighted by molar-refractivity contribution is 6.33. The maximum atomic E-state index is 12.6. The molecule has 2 N–H and O–H groups in total. The van der Waals surface area contributed by atoms with Crippen LogP contribution in [0.25, 0.3) is 0 Å². The van der Waals surface area contributed by atoms with E-state index in [0.717, 1.165) is 6.07 Å². The molecule has 0 fully saturated rings. The highest BCUT2D eigenvalue weighted by atomic mass is 35.5. The number of rotatable bonds is 6. The number of aliphatic carboxylic acids is 1. The summed E-state index contributed by atoms with van der Waals surface area (Å²) in [5.41, 5.74) is 2.62. The van der Waals surface area contributed by atoms with Gasteiger partial charge in [0, 0.05) is 12.6 Å². The van der Waals surface area contributed by atoms with Crippen LogP contribution in [0.2, 0.25) is 5.02 Å². The Labute approximate surface area is 146 Å². The van der Waals surface area contributed by atoms with Gasteiger partial charge in [-0.3, -0.25) is 10.2 Å². The molecule has 9 heteroatoms. The first kappa shape index (κ1) is 18.7. The number of anilines is 1. The Morgan fingerprint density at radius 1 is 1.24 bits per heavy atom. The molecule has 0 saturated heterocycles. The van der Waals surface area contributed by atoms with E-state index < -0.39 is 17.7 Å². The predicted octanol–water partition coefficient (Wildman–Crippen LogP) is 4.43. The number of carboxylic acids is 1. The van der Waals surface area contributed by atoms with Crippen LogP contribution in [0.5, 0.6) is 0 Å². The average Bonchev–Trinajstić information content (AvgIpc) is 2.55. The van der Waals surface area contributed by atoms with Gasteiger partial charge in [0.25, 0.3) is 0 Å². The van der Waals surface area contributed by atoms with Gasteiger partial charge < -0.3 is 5.11 Å². The Bertz CT molecular complexity index is 780. The van der Waals surface area contributed by atoms with E-state index in [1.165, 1.54) is 0 Å². The second-order valence-corrected chi connectivity index (χ2v) is 5.39. The minimum Gasteiger partial charge on any atom is -0.481 e. The van der Waals surface area contributed by atoms with Crippen LogP contribution in [0.4, 0.5) is 19.0 Å². The zero-order valence-electron chi connectivity index (χ0n) is 12.7. The molecule has 25 heavy (non-hydrogen) atoms. The smallest absolute Gasteiger partial charge is 0.417 e. The van der Waals surface area contributed by atoms with E-state index in [4.69, 9.17) is 16.7 Å². The maximum Gasteiger partial charge on any atom is 0.417 e. The van der Waals surface area contributed by atoms with E-state index in [1.807, 2.05) is 0 Å². The number of benzene rings is 1. The van der Waals surface area contributed by atoms with Gasteiger partial charge in [-0.2, -0.15) is 18.3 Å². The summed E-state index contributed by atoms with van der Waals surface area (Å²) in [6, 6.07) is 9.53. The lowest BCUT2D eigenvalue weighted by atomic mass is 10.1. The van der Waals surface area contributed by atoms with Gasteiger partial charge in [0.1, 0.15) is 0 Å². The molecule has 0 saturated carbocycles. The third-order valence-electron chi connectivity index (χ3n) is 3.15. The largest absolute Gasteiger partial charge is 0.481 e. The van der Waals surface area contributed by atoms with Crippen molar-refractivity contribution in [3.8, 4) is 0 Å². The van der Waals surface area contributed by atoms with Crippen LogP contribution in [0.1, 0.15) is 24.0 Å². The fourth-order valence-corrected chi connectivity index (χ4v) is 2.12. The van der Waals surface area contributed by atoms with Crippen LogP contribution in [-0.4, -0.2) is 21.8 Å². The molecule has 5 nitrogen and oxygen atoms in total. The molecule has 1 aromatic heterocycles. The summed E-state index contributed by atoms with van der Waals surface area (Å²) in [5.74, 6) is -1.05. The minimum absolute atomic E-state index is 0.0570. The molecule has 2 rings (SSSR count). The van der Waals surface area contributed by atoms with Crippen molar-refractivity contribution in [2.45, 2.75) is 19.0 Å². The second kappa shape index (κ2) is 7.98. The number of nitrogens with zero attached hydrogens (tertiary/aromatic N) is 2. The Morgan fingerprint density at radius 2 is 1.92 bits per heavy atom. The van der Waals surface area contributed by atoms with E-state index in [-0.39, 0.29) is 23.7 Å². The number of pyridine rings is 1. The minimum atomic E-state index is -4.55. The van der Waals surface area contributed by atoms with E-state index in [9.17, 15) is 18.0 Å². The molecule has 0 radical (unpaired) electrons. The molecule has 0 spiro atoms. The molecule has 132 valence electrons. The van der Waals surface area contributed by atoms with Crippen molar-refractivity contribution in [3.05, 3.63) is 58.7 Å². The lowest BCUT2D eigenvalue weighted by Crippen LogP contribution is -2.09. The summed E-state index contributed by atoms with van der Waals surface area (Å²) in [7, 11) is 0. The van der Waals surface area contributed by atoms with Gasteiger partial charge in [0.2, 0.25) is 0 Å². The van der Waals surface area contributed by atoms with Crippen molar-refractivity contribution in [2.75, 3.05) is 5.43 Å². The van der Waals surface area contributed by atoms with E-state index in [1.54, 1.807) is 30.3 Å². The van der Waals surface area contributed by atoms with Crippen molar-refractivity contribution in [1.29, 1.82) is 0 Å². The van der Waals surface area contributed by atoms with E-state index in [0.29, 0.717) is 17.5 Å². The van der Waals surface area contributed by atoms with Crippen LogP contribution >= 0.6 is 11.6 Å². The van der Waals surface area contributed by atoms with Crippen LogP contribution in [0.3, 0.4) is 0 Å². The predicted molar refractivity (Wildman–Crippen MR) is 87.7 cm³/mol. The molecular weight excluding hydrogens is 359 g/mol. The maximum absolute atomic E-state index is 12.6. The van der Waals surface area contributed by atoms with Gasteiger partial charge in [0.15, 0.2) is 5.82 Å². The topological polar surface area (TPSA) is 74.6 Å². The molecule has 2 aromatic rings. The number of aromatic nitrogens is 1. The van der Waals surface area contributed by atoms with E-state index in [2.05, 4.69) is 15.5 Å². The quantitative estimate of drug-likeness (QED) is 0.581. The average molecular weight is 372 g/mol. The molecule has 0 amide bonds. The van der Waals surface area contributed by atoms with Gasteiger partial charge in [0.05, 0.1) is 22.7 Å². The second-order valence-electron chi connectivity index (χ2n) is 4.98. The van der Waals surface area contributed by atoms with Gasteiger partial charge in [-0.1, -0.05) is 41.9 Å². The number of hydrogen-bond donors (Lipinski definition) is 2. The summed E-state index contributed by atoms with van der Waals surface area (Å²) in [5, 5.41) is 12.6. The van der Waals surface area contributed by atoms with Crippen molar-refractivity contribution >= 4 is 29.1 Å². The number of hydrazone groups is 1. The van der Waals surface area contributed by atoms with Crippen molar-refractivity contribution in [1.82, 2.24) is 4.98 Å². The molecular formula is C16H13ClF3N3O2. The SMILES string of the molecule is O=C(O)CCC(=NNc1ncc(C(F)(F)F)cc1Cl)c1ccccc1. The number of nitrogens with one attached hydrogen (secondary N) is 1. The van der Waals surface area contributed by atoms with E-state index >= 15 is 0 Å². The lowest BCUT2D eigenvalue weighted by Gasteiger charge is -2.10. The van der Waals surface area contributed by atoms with Crippen LogP contribution in [0.15, 0.2) is 47.7 Å². The fraction of sp³-hybridized carbons (Fsp3) is 0.188. The first-order valence-electron chi connectivity index (χ1n) is 7.10. The zero-order valence-corrected chi connectivity index (χ0v) is 13.5. The van der Waals surface area contributed by atoms with Gasteiger partial charge >= 0.3 is 12.1 Å². The van der Waals surface area contributed by atoms with Crippen LogP contribution < -0.4 is 5.43 Å². The Hall–Kier alpha value is -2.61. The molecule has 0 aliphatic carbocycles. The monoisotopic (exact) mass is 371 g/mol. The summed E-state index contributed by atoms with van der Waals surface area (Å²) < 4.78 is 37.8. The summed E-state index contributed by atoms with van der Waals surface area (Å²) in [6.07, 6.45) is -3.92. The molecule has 0 aliphatic heterocycles. The number of alkyl halides is 3. The standard InChI is InChI=1S/C16H13ClF3N3O2/c17-12-8-11(16(18,19)20)9-21-15(12)23-22-13(6-7-14(24)25)10-4-2-1-3-5-10/h1-5,8-9H,6-7H2,(H,21,23)(H,24,25). The Balaban J connectivity index is 2.24. The van der Waals surface area contributed by atoms with Crippen molar-refractivity contribution in [3.63, 3.8) is 0 Å². The normalized spacial score (nSPS) is 12.1. The molecule has 0 aliphatic rings. The third kappa shape index (κ3) is 5.46. The highest BCUT2D eigenvalue weighted by Crippen LogP contribution is 2.32. The number of carbonyl (C=O) groups is 1. The summed E-state index contributed by atoms with van der Waals surface area (Å²) in [6.45, 7) is 0. The molecule has 1 aromatic carbocycles.